The van der Waals surface area contributed by atoms with Gasteiger partial charge < -0.3 is 9.80 Å². The Morgan fingerprint density at radius 2 is 1.56 bits per heavy atom. The van der Waals surface area contributed by atoms with E-state index in [4.69, 9.17) is 0 Å². The third kappa shape index (κ3) is 3.90. The number of hydrogen-bond donors (Lipinski definition) is 0. The minimum absolute atomic E-state index is 0.0954. The molecule has 2 aromatic carbocycles. The molecular weight excluding hydrogens is 336 g/mol. The molecule has 4 heteroatoms. The second-order valence-corrected chi connectivity index (χ2v) is 7.53. The van der Waals surface area contributed by atoms with E-state index in [0.717, 1.165) is 51.0 Å². The highest BCUT2D eigenvalue weighted by molar-refractivity contribution is 5.97. The van der Waals surface area contributed by atoms with Crippen molar-refractivity contribution in [1.82, 2.24) is 4.90 Å². The van der Waals surface area contributed by atoms with Gasteiger partial charge in [-0.15, -0.1) is 0 Å². The summed E-state index contributed by atoms with van der Waals surface area (Å²) in [5.41, 5.74) is 2.99. The first-order valence-electron chi connectivity index (χ1n) is 9.97. The zero-order valence-electron chi connectivity index (χ0n) is 15.6. The van der Waals surface area contributed by atoms with Gasteiger partial charge in [-0.2, -0.15) is 0 Å². The molecule has 0 saturated carbocycles. The first-order valence-corrected chi connectivity index (χ1v) is 9.97. The van der Waals surface area contributed by atoms with E-state index >= 15 is 0 Å². The van der Waals surface area contributed by atoms with Gasteiger partial charge in [0.05, 0.1) is 0 Å². The predicted octanol–water partition coefficient (Wildman–Crippen LogP) is 4.22. The van der Waals surface area contributed by atoms with E-state index in [2.05, 4.69) is 24.3 Å². The van der Waals surface area contributed by atoms with Crippen LogP contribution in [0.2, 0.25) is 0 Å². The normalized spacial score (nSPS) is 18.6. The molecule has 0 aliphatic carbocycles. The Hall–Kier alpha value is -2.62. The molecule has 4 rings (SSSR count). The summed E-state index contributed by atoms with van der Waals surface area (Å²) in [5.74, 6) is 0.823. The third-order valence-electron chi connectivity index (χ3n) is 5.80. The Morgan fingerprint density at radius 3 is 2.22 bits per heavy atom. The van der Waals surface area contributed by atoms with Gasteiger partial charge in [-0.1, -0.05) is 30.3 Å². The van der Waals surface area contributed by atoms with Crippen molar-refractivity contribution in [3.63, 3.8) is 0 Å². The monoisotopic (exact) mass is 362 g/mol. The third-order valence-corrected chi connectivity index (χ3v) is 5.80. The van der Waals surface area contributed by atoms with Crippen molar-refractivity contribution in [3.8, 4) is 0 Å². The molecule has 0 aromatic heterocycles. The zero-order valence-corrected chi connectivity index (χ0v) is 15.6. The Morgan fingerprint density at radius 1 is 0.852 bits per heavy atom. The number of carbonyl (C=O) groups excluding carboxylic acids is 2. The van der Waals surface area contributed by atoms with E-state index in [1.807, 2.05) is 40.1 Å². The van der Waals surface area contributed by atoms with Crippen LogP contribution in [0.5, 0.6) is 0 Å². The van der Waals surface area contributed by atoms with Crippen LogP contribution in [-0.2, 0) is 4.79 Å². The summed E-state index contributed by atoms with van der Waals surface area (Å²) >= 11 is 0. The van der Waals surface area contributed by atoms with E-state index in [0.29, 0.717) is 17.9 Å². The number of piperidine rings is 2. The zero-order chi connectivity index (χ0) is 18.6. The molecule has 0 spiro atoms. The molecule has 27 heavy (non-hydrogen) atoms. The maximum absolute atomic E-state index is 12.8. The smallest absolute Gasteiger partial charge is 0.253 e. The number of amides is 2. The molecule has 2 aliphatic rings. The SMILES string of the molecule is O=C(c1ccc(N2CCCCC2=O)cc1)N1CCC(c2ccccc2)CC1. The van der Waals surface area contributed by atoms with Gasteiger partial charge in [-0.25, -0.2) is 0 Å². The highest BCUT2D eigenvalue weighted by atomic mass is 16.2. The molecule has 2 saturated heterocycles. The average molecular weight is 362 g/mol. The molecule has 0 radical (unpaired) electrons. The van der Waals surface area contributed by atoms with Crippen LogP contribution in [0.4, 0.5) is 5.69 Å². The van der Waals surface area contributed by atoms with E-state index < -0.39 is 0 Å². The predicted molar refractivity (Wildman–Crippen MR) is 107 cm³/mol. The Kier molecular flexibility index (Phi) is 5.23. The summed E-state index contributed by atoms with van der Waals surface area (Å²) < 4.78 is 0. The van der Waals surface area contributed by atoms with Crippen LogP contribution in [0.3, 0.4) is 0 Å². The first-order chi connectivity index (χ1) is 13.2. The molecule has 140 valence electrons. The summed E-state index contributed by atoms with van der Waals surface area (Å²) in [4.78, 5) is 28.7. The lowest BCUT2D eigenvalue weighted by atomic mass is 9.89. The van der Waals surface area contributed by atoms with Crippen molar-refractivity contribution >= 4 is 17.5 Å². The van der Waals surface area contributed by atoms with Crippen molar-refractivity contribution in [3.05, 3.63) is 65.7 Å². The van der Waals surface area contributed by atoms with Crippen LogP contribution < -0.4 is 4.90 Å². The minimum Gasteiger partial charge on any atom is -0.339 e. The minimum atomic E-state index is 0.0954. The quantitative estimate of drug-likeness (QED) is 0.820. The topological polar surface area (TPSA) is 40.6 Å². The van der Waals surface area contributed by atoms with Gasteiger partial charge in [0, 0.05) is 37.3 Å². The first kappa shape index (κ1) is 17.8. The molecule has 0 bridgehead atoms. The fourth-order valence-corrected chi connectivity index (χ4v) is 4.19. The van der Waals surface area contributed by atoms with Gasteiger partial charge in [0.1, 0.15) is 0 Å². The second kappa shape index (κ2) is 7.95. The maximum Gasteiger partial charge on any atom is 0.253 e. The molecule has 2 aliphatic heterocycles. The van der Waals surface area contributed by atoms with E-state index in [1.54, 1.807) is 0 Å². The fraction of sp³-hybridized carbons (Fsp3) is 0.391. The van der Waals surface area contributed by atoms with Crippen LogP contribution in [-0.4, -0.2) is 36.3 Å². The highest BCUT2D eigenvalue weighted by Crippen LogP contribution is 2.29. The van der Waals surface area contributed by atoms with Gasteiger partial charge >= 0.3 is 0 Å². The van der Waals surface area contributed by atoms with Gasteiger partial charge in [-0.05, 0) is 61.4 Å². The van der Waals surface area contributed by atoms with Crippen LogP contribution in [0.25, 0.3) is 0 Å². The van der Waals surface area contributed by atoms with Crippen LogP contribution in [0.1, 0.15) is 53.9 Å². The number of hydrogen-bond acceptors (Lipinski definition) is 2. The lowest BCUT2D eigenvalue weighted by Crippen LogP contribution is -2.38. The molecule has 2 amide bonds. The number of rotatable bonds is 3. The van der Waals surface area contributed by atoms with Crippen LogP contribution in [0.15, 0.2) is 54.6 Å². The number of carbonyl (C=O) groups is 2. The summed E-state index contributed by atoms with van der Waals surface area (Å²) in [6, 6.07) is 18.1. The van der Waals surface area contributed by atoms with Gasteiger partial charge in [0.25, 0.3) is 5.91 Å². The van der Waals surface area contributed by atoms with Crippen LogP contribution in [0, 0.1) is 0 Å². The van der Waals surface area contributed by atoms with Crippen molar-refractivity contribution < 1.29 is 9.59 Å². The Labute approximate surface area is 160 Å². The van der Waals surface area contributed by atoms with Crippen molar-refractivity contribution in [2.24, 2.45) is 0 Å². The molecular formula is C23H26N2O2. The molecule has 2 aromatic rings. The second-order valence-electron chi connectivity index (χ2n) is 7.53. The average Bonchev–Trinajstić information content (AvgIpc) is 2.74. The van der Waals surface area contributed by atoms with E-state index in [1.165, 1.54) is 5.56 Å². The Balaban J connectivity index is 1.38. The molecule has 0 N–H and O–H groups in total. The summed E-state index contributed by atoms with van der Waals surface area (Å²) in [6.45, 7) is 2.37. The molecule has 2 fully saturated rings. The molecule has 4 nitrogen and oxygen atoms in total. The number of nitrogens with zero attached hydrogens (tertiary/aromatic N) is 2. The van der Waals surface area contributed by atoms with E-state index in [-0.39, 0.29) is 11.8 Å². The summed E-state index contributed by atoms with van der Waals surface area (Å²) in [6.07, 6.45) is 4.66. The maximum atomic E-state index is 12.8. The summed E-state index contributed by atoms with van der Waals surface area (Å²) in [7, 11) is 0. The van der Waals surface area contributed by atoms with Gasteiger partial charge in [0.2, 0.25) is 5.91 Å². The summed E-state index contributed by atoms with van der Waals surface area (Å²) in [5, 5.41) is 0. The van der Waals surface area contributed by atoms with Gasteiger partial charge in [-0.3, -0.25) is 9.59 Å². The van der Waals surface area contributed by atoms with Crippen LogP contribution >= 0.6 is 0 Å². The number of benzene rings is 2. The fourth-order valence-electron chi connectivity index (χ4n) is 4.19. The number of anilines is 1. The highest BCUT2D eigenvalue weighted by Gasteiger charge is 2.25. The van der Waals surface area contributed by atoms with Crippen molar-refractivity contribution in [2.75, 3.05) is 24.5 Å². The molecule has 2 heterocycles. The largest absolute Gasteiger partial charge is 0.339 e. The molecule has 0 atom stereocenters. The Bertz CT molecular complexity index is 793. The lowest BCUT2D eigenvalue weighted by Gasteiger charge is -2.32. The van der Waals surface area contributed by atoms with E-state index in [9.17, 15) is 9.59 Å². The molecule has 0 unspecified atom stereocenters. The number of likely N-dealkylation sites (tertiary alicyclic amines) is 1. The van der Waals surface area contributed by atoms with Crippen molar-refractivity contribution in [1.29, 1.82) is 0 Å². The van der Waals surface area contributed by atoms with Crippen molar-refractivity contribution in [2.45, 2.75) is 38.0 Å². The van der Waals surface area contributed by atoms with Gasteiger partial charge in [0.15, 0.2) is 0 Å². The lowest BCUT2D eigenvalue weighted by molar-refractivity contribution is -0.119. The standard InChI is InChI=1S/C23H26N2O2/c26-22-8-4-5-15-25(22)21-11-9-20(10-12-21)23(27)24-16-13-19(14-17-24)18-6-2-1-3-7-18/h1-3,6-7,9-12,19H,4-5,8,13-17H2.